The predicted octanol–water partition coefficient (Wildman–Crippen LogP) is 4.18. The molecule has 1 aromatic carbocycles. The molecule has 1 aliphatic heterocycles. The Bertz CT molecular complexity index is 1240. The first-order chi connectivity index (χ1) is 16.2. The van der Waals surface area contributed by atoms with Crippen LogP contribution in [0.15, 0.2) is 60.9 Å². The van der Waals surface area contributed by atoms with Crippen LogP contribution in [0, 0.1) is 0 Å². The molecule has 1 aliphatic rings. The Morgan fingerprint density at radius 3 is 2.73 bits per heavy atom. The number of carbonyl (C=O) groups excluding carboxylic acids is 1. The highest BCUT2D eigenvalue weighted by Crippen LogP contribution is 2.29. The number of pyridine rings is 1. The Hall–Kier alpha value is -3.36. The minimum atomic E-state index is -0.362. The first-order valence-corrected chi connectivity index (χ1v) is 11.9. The van der Waals surface area contributed by atoms with Crippen LogP contribution in [0.3, 0.4) is 0 Å². The van der Waals surface area contributed by atoms with Gasteiger partial charge in [0.15, 0.2) is 5.69 Å². The predicted molar refractivity (Wildman–Crippen MR) is 127 cm³/mol. The molecule has 0 bridgehead atoms. The van der Waals surface area contributed by atoms with Crippen molar-refractivity contribution in [2.45, 2.75) is 33.0 Å². The van der Waals surface area contributed by atoms with Gasteiger partial charge in [0, 0.05) is 60.1 Å². The molecule has 0 N–H and O–H groups in total. The number of fused-ring (bicyclic) bond motifs is 1. The first kappa shape index (κ1) is 21.5. The van der Waals surface area contributed by atoms with Crippen molar-refractivity contribution < 1.29 is 9.53 Å². The van der Waals surface area contributed by atoms with Gasteiger partial charge in [0.25, 0.3) is 0 Å². The number of nitrogens with zero attached hydrogens (tertiary/aromatic N) is 5. The Kier molecular flexibility index (Phi) is 6.28. The third-order valence-corrected chi connectivity index (χ3v) is 6.70. The molecule has 0 radical (unpaired) electrons. The lowest BCUT2D eigenvalue weighted by molar-refractivity contribution is 0.0515. The van der Waals surface area contributed by atoms with Crippen LogP contribution in [0.1, 0.15) is 39.2 Å². The molecule has 168 valence electrons. The summed E-state index contributed by atoms with van der Waals surface area (Å²) in [5.41, 5.74) is 4.52. The van der Waals surface area contributed by atoms with Gasteiger partial charge < -0.3 is 4.74 Å². The van der Waals surface area contributed by atoms with Crippen molar-refractivity contribution in [3.8, 4) is 10.6 Å². The normalized spacial score (nSPS) is 13.6. The summed E-state index contributed by atoms with van der Waals surface area (Å²) in [5.74, 6) is -0.362. The van der Waals surface area contributed by atoms with Gasteiger partial charge in [0.05, 0.1) is 18.8 Å². The maximum Gasteiger partial charge on any atom is 0.359 e. The van der Waals surface area contributed by atoms with Crippen molar-refractivity contribution in [1.29, 1.82) is 0 Å². The number of hydrogen-bond donors (Lipinski definition) is 0. The summed E-state index contributed by atoms with van der Waals surface area (Å²) >= 11 is 1.71. The van der Waals surface area contributed by atoms with Crippen LogP contribution in [-0.4, -0.2) is 43.8 Å². The van der Waals surface area contributed by atoms with E-state index < -0.39 is 0 Å². The fraction of sp³-hybridized carbons (Fsp3) is 0.280. The number of esters is 1. The van der Waals surface area contributed by atoms with E-state index in [-0.39, 0.29) is 5.97 Å². The molecule has 0 spiro atoms. The van der Waals surface area contributed by atoms with Gasteiger partial charge in [-0.1, -0.05) is 36.4 Å². The highest BCUT2D eigenvalue weighted by atomic mass is 32.1. The van der Waals surface area contributed by atoms with Crippen molar-refractivity contribution in [3.05, 3.63) is 88.4 Å². The van der Waals surface area contributed by atoms with Crippen molar-refractivity contribution in [3.63, 3.8) is 0 Å². The zero-order valence-corrected chi connectivity index (χ0v) is 19.3. The largest absolute Gasteiger partial charge is 0.461 e. The van der Waals surface area contributed by atoms with Crippen LogP contribution in [-0.2, 0) is 30.8 Å². The number of hydrogen-bond acceptors (Lipinski definition) is 7. The lowest BCUT2D eigenvalue weighted by Crippen LogP contribution is -2.31. The maximum absolute atomic E-state index is 12.7. The molecule has 0 fully saturated rings. The van der Waals surface area contributed by atoms with Gasteiger partial charge in [0.2, 0.25) is 0 Å². The fourth-order valence-corrected chi connectivity index (χ4v) is 5.10. The summed E-state index contributed by atoms with van der Waals surface area (Å²) in [6.45, 7) is 5.02. The lowest BCUT2D eigenvalue weighted by atomic mass is 10.0. The number of aromatic nitrogens is 4. The number of rotatable bonds is 7. The van der Waals surface area contributed by atoms with E-state index >= 15 is 0 Å². The molecule has 7 nitrogen and oxygen atoms in total. The Labute approximate surface area is 196 Å². The third kappa shape index (κ3) is 4.72. The summed E-state index contributed by atoms with van der Waals surface area (Å²) in [6, 6.07) is 16.1. The number of benzene rings is 1. The van der Waals surface area contributed by atoms with Crippen LogP contribution in [0.25, 0.3) is 10.6 Å². The van der Waals surface area contributed by atoms with Crippen LogP contribution >= 0.6 is 11.3 Å². The monoisotopic (exact) mass is 459 g/mol. The van der Waals surface area contributed by atoms with E-state index in [0.717, 1.165) is 47.0 Å². The Morgan fingerprint density at radius 1 is 1.09 bits per heavy atom. The molecule has 0 unspecified atom stereocenters. The van der Waals surface area contributed by atoms with Crippen LogP contribution < -0.4 is 0 Å². The number of carbonyl (C=O) groups is 1. The highest BCUT2D eigenvalue weighted by Gasteiger charge is 2.29. The van der Waals surface area contributed by atoms with E-state index in [1.807, 2.05) is 54.2 Å². The van der Waals surface area contributed by atoms with E-state index in [1.165, 1.54) is 4.88 Å². The van der Waals surface area contributed by atoms with Gasteiger partial charge in [-0.2, -0.15) is 5.10 Å². The molecule has 4 heterocycles. The maximum atomic E-state index is 12.7. The van der Waals surface area contributed by atoms with Crippen molar-refractivity contribution in [1.82, 2.24) is 24.6 Å². The van der Waals surface area contributed by atoms with Crippen molar-refractivity contribution in [2.75, 3.05) is 13.2 Å². The second kappa shape index (κ2) is 9.64. The minimum absolute atomic E-state index is 0.327. The van der Waals surface area contributed by atoms with Crippen molar-refractivity contribution >= 4 is 17.3 Å². The van der Waals surface area contributed by atoms with Gasteiger partial charge in [-0.3, -0.25) is 14.6 Å². The highest BCUT2D eigenvalue weighted by molar-refractivity contribution is 7.15. The standard InChI is InChI=1S/C25H25N5O2S/c1-2-32-25(31)23-21-17-29(16-20-14-27-24(33-20)18-8-4-3-5-9-18)13-11-22(21)30(28-23)15-19-10-6-7-12-26-19/h3-10,12,14H,2,11,13,15-17H2,1H3. The second-order valence-corrected chi connectivity index (χ2v) is 9.05. The SMILES string of the molecule is CCOC(=O)c1nn(Cc2ccccn2)c2c1CN(Cc1cnc(-c3ccccc3)s1)CC2. The van der Waals surface area contributed by atoms with Crippen molar-refractivity contribution in [2.24, 2.45) is 0 Å². The van der Waals surface area contributed by atoms with Gasteiger partial charge in [0.1, 0.15) is 5.01 Å². The first-order valence-electron chi connectivity index (χ1n) is 11.1. The Balaban J connectivity index is 1.37. The molecule has 5 rings (SSSR count). The molecule has 33 heavy (non-hydrogen) atoms. The van der Waals surface area contributed by atoms with Gasteiger partial charge in [-0.25, -0.2) is 9.78 Å². The van der Waals surface area contributed by atoms with Crippen LogP contribution in [0.2, 0.25) is 0 Å². The summed E-state index contributed by atoms with van der Waals surface area (Å²) in [5, 5.41) is 5.68. The zero-order valence-electron chi connectivity index (χ0n) is 18.5. The molecule has 0 saturated carbocycles. The number of ether oxygens (including phenoxy) is 1. The van der Waals surface area contributed by atoms with E-state index in [9.17, 15) is 4.79 Å². The lowest BCUT2D eigenvalue weighted by Gasteiger charge is -2.27. The quantitative estimate of drug-likeness (QED) is 0.386. The smallest absolute Gasteiger partial charge is 0.359 e. The van der Waals surface area contributed by atoms with Gasteiger partial charge in [-0.05, 0) is 19.1 Å². The van der Waals surface area contributed by atoms with Gasteiger partial charge >= 0.3 is 5.97 Å². The van der Waals surface area contributed by atoms with Crippen LogP contribution in [0.4, 0.5) is 0 Å². The average Bonchev–Trinajstić information content (AvgIpc) is 3.45. The molecule has 0 amide bonds. The van der Waals surface area contributed by atoms with E-state index in [2.05, 4.69) is 32.1 Å². The van der Waals surface area contributed by atoms with E-state index in [1.54, 1.807) is 17.5 Å². The van der Waals surface area contributed by atoms with E-state index in [4.69, 9.17) is 4.74 Å². The fourth-order valence-electron chi connectivity index (χ4n) is 4.14. The molecule has 0 atom stereocenters. The summed E-state index contributed by atoms with van der Waals surface area (Å²) in [7, 11) is 0. The van der Waals surface area contributed by atoms with Gasteiger partial charge in [-0.15, -0.1) is 11.3 Å². The molecule has 0 saturated heterocycles. The molecule has 8 heteroatoms. The molecule has 4 aromatic rings. The molecular formula is C25H25N5O2S. The minimum Gasteiger partial charge on any atom is -0.461 e. The zero-order chi connectivity index (χ0) is 22.6. The number of thiazole rings is 1. The second-order valence-electron chi connectivity index (χ2n) is 7.93. The summed E-state index contributed by atoms with van der Waals surface area (Å²) in [4.78, 5) is 25.2. The molecular weight excluding hydrogens is 434 g/mol. The Morgan fingerprint density at radius 2 is 1.94 bits per heavy atom. The topological polar surface area (TPSA) is 73.1 Å². The third-order valence-electron chi connectivity index (χ3n) is 5.67. The average molecular weight is 460 g/mol. The molecule has 3 aromatic heterocycles. The molecule has 0 aliphatic carbocycles. The van der Waals surface area contributed by atoms with Crippen LogP contribution in [0.5, 0.6) is 0 Å². The van der Waals surface area contributed by atoms with E-state index in [0.29, 0.717) is 25.4 Å². The summed E-state index contributed by atoms with van der Waals surface area (Å²) in [6.07, 6.45) is 4.55. The summed E-state index contributed by atoms with van der Waals surface area (Å²) < 4.78 is 7.22.